The molecule has 1 amide bonds. The van der Waals surface area contributed by atoms with E-state index in [1.807, 2.05) is 35.3 Å². The van der Waals surface area contributed by atoms with Crippen LogP contribution in [0.15, 0.2) is 49.1 Å². The first kappa shape index (κ1) is 22.8. The van der Waals surface area contributed by atoms with Crippen molar-refractivity contribution in [1.82, 2.24) is 30.0 Å². The quantitative estimate of drug-likeness (QED) is 0.381. The lowest BCUT2D eigenvalue weighted by Crippen LogP contribution is -2.18. The van der Waals surface area contributed by atoms with Gasteiger partial charge in [0.2, 0.25) is 0 Å². The third-order valence-corrected chi connectivity index (χ3v) is 6.41. The van der Waals surface area contributed by atoms with Gasteiger partial charge in [0, 0.05) is 54.8 Å². The summed E-state index contributed by atoms with van der Waals surface area (Å²) in [6, 6.07) is 9.52. The molecule has 0 radical (unpaired) electrons. The number of benzene rings is 1. The molecule has 1 aromatic carbocycles. The Labute approximate surface area is 204 Å². The highest BCUT2D eigenvalue weighted by Crippen LogP contribution is 2.32. The Balaban J connectivity index is 1.29. The zero-order valence-electron chi connectivity index (χ0n) is 20.2. The summed E-state index contributed by atoms with van der Waals surface area (Å²) < 4.78 is 7.55. The highest BCUT2D eigenvalue weighted by Gasteiger charge is 2.23. The number of aromatic nitrogens is 5. The number of carbonyl (C=O) groups excluding carboxylic acids is 1. The highest BCUT2D eigenvalue weighted by molar-refractivity contribution is 5.94. The highest BCUT2D eigenvalue weighted by atomic mass is 16.5. The summed E-state index contributed by atoms with van der Waals surface area (Å²) in [5, 5.41) is 11.6. The normalized spacial score (nSPS) is 14.0. The van der Waals surface area contributed by atoms with Gasteiger partial charge >= 0.3 is 0 Å². The van der Waals surface area contributed by atoms with Crippen molar-refractivity contribution in [3.05, 3.63) is 60.2 Å². The number of hydrogen-bond donors (Lipinski definition) is 2. The second-order valence-corrected chi connectivity index (χ2v) is 9.01. The van der Waals surface area contributed by atoms with Gasteiger partial charge in [-0.2, -0.15) is 5.10 Å². The molecule has 9 heteroatoms. The number of anilines is 1. The van der Waals surface area contributed by atoms with Crippen molar-refractivity contribution in [1.29, 1.82) is 0 Å². The van der Waals surface area contributed by atoms with Gasteiger partial charge in [-0.25, -0.2) is 19.6 Å². The first-order valence-corrected chi connectivity index (χ1v) is 11.8. The molecule has 35 heavy (non-hydrogen) atoms. The fraction of sp³-hybridized carbons (Fsp3) is 0.346. The first-order valence-electron chi connectivity index (χ1n) is 11.8. The molecule has 9 nitrogen and oxygen atoms in total. The van der Waals surface area contributed by atoms with E-state index < -0.39 is 0 Å². The van der Waals surface area contributed by atoms with Crippen LogP contribution >= 0.6 is 0 Å². The molecule has 3 aromatic heterocycles. The van der Waals surface area contributed by atoms with E-state index in [1.165, 1.54) is 12.8 Å². The predicted molar refractivity (Wildman–Crippen MR) is 135 cm³/mol. The summed E-state index contributed by atoms with van der Waals surface area (Å²) in [6.07, 6.45) is 7.84. The molecule has 3 heterocycles. The molecule has 5 rings (SSSR count). The van der Waals surface area contributed by atoms with Crippen LogP contribution in [0.4, 0.5) is 5.82 Å². The Morgan fingerprint density at radius 3 is 2.80 bits per heavy atom. The van der Waals surface area contributed by atoms with Crippen molar-refractivity contribution in [2.75, 3.05) is 26.0 Å². The SMILES string of the molecule is CNC(=O)c1ccc(C(C)CNc2cc(-c3cnc4c(cnn4CC4CC4)c3)ncn2)c(OC)c1. The van der Waals surface area contributed by atoms with Gasteiger partial charge in [-0.05, 0) is 42.5 Å². The molecule has 1 fully saturated rings. The van der Waals surface area contributed by atoms with Gasteiger partial charge in [-0.15, -0.1) is 0 Å². The van der Waals surface area contributed by atoms with Crippen molar-refractivity contribution in [3.8, 4) is 17.0 Å². The molecule has 0 spiro atoms. The fourth-order valence-electron chi connectivity index (χ4n) is 4.17. The summed E-state index contributed by atoms with van der Waals surface area (Å²) in [5.41, 5.74) is 4.22. The third kappa shape index (κ3) is 4.94. The molecule has 1 unspecified atom stereocenters. The smallest absolute Gasteiger partial charge is 0.251 e. The topological polar surface area (TPSA) is 107 Å². The first-order chi connectivity index (χ1) is 17.1. The Hall–Kier alpha value is -4.01. The Morgan fingerprint density at radius 2 is 2.03 bits per heavy atom. The minimum atomic E-state index is -0.142. The minimum Gasteiger partial charge on any atom is -0.496 e. The molecule has 2 N–H and O–H groups in total. The van der Waals surface area contributed by atoms with Gasteiger partial charge in [-0.3, -0.25) is 4.79 Å². The summed E-state index contributed by atoms with van der Waals surface area (Å²) >= 11 is 0. The van der Waals surface area contributed by atoms with Crippen molar-refractivity contribution in [2.24, 2.45) is 5.92 Å². The number of amides is 1. The molecular weight excluding hydrogens is 442 g/mol. The van der Waals surface area contributed by atoms with Crippen molar-refractivity contribution in [2.45, 2.75) is 32.2 Å². The third-order valence-electron chi connectivity index (χ3n) is 6.41. The number of carbonyl (C=O) groups is 1. The number of fused-ring (bicyclic) bond motifs is 1. The van der Waals surface area contributed by atoms with Gasteiger partial charge in [0.1, 0.15) is 17.9 Å². The van der Waals surface area contributed by atoms with Gasteiger partial charge in [0.25, 0.3) is 5.91 Å². The van der Waals surface area contributed by atoms with Gasteiger partial charge in [0.05, 0.1) is 19.0 Å². The lowest BCUT2D eigenvalue weighted by atomic mass is 9.98. The van der Waals surface area contributed by atoms with Crippen LogP contribution in [0, 0.1) is 5.92 Å². The summed E-state index contributed by atoms with van der Waals surface area (Å²) in [4.78, 5) is 25.4. The van der Waals surface area contributed by atoms with E-state index >= 15 is 0 Å². The van der Waals surface area contributed by atoms with Crippen molar-refractivity contribution >= 4 is 22.8 Å². The number of nitrogens with one attached hydrogen (secondary N) is 2. The number of rotatable bonds is 9. The average Bonchev–Trinajstić information content (AvgIpc) is 3.64. The number of ether oxygens (including phenoxy) is 1. The monoisotopic (exact) mass is 471 g/mol. The lowest BCUT2D eigenvalue weighted by molar-refractivity contribution is 0.0962. The predicted octanol–water partition coefficient (Wildman–Crippen LogP) is 3.88. The van der Waals surface area contributed by atoms with E-state index in [0.717, 1.165) is 46.1 Å². The van der Waals surface area contributed by atoms with Crippen LogP contribution < -0.4 is 15.4 Å². The van der Waals surface area contributed by atoms with E-state index in [9.17, 15) is 4.79 Å². The van der Waals surface area contributed by atoms with E-state index in [0.29, 0.717) is 17.9 Å². The number of pyridine rings is 1. The average molecular weight is 472 g/mol. The van der Waals surface area contributed by atoms with E-state index in [4.69, 9.17) is 4.74 Å². The Kier molecular flexibility index (Phi) is 6.31. The zero-order valence-corrected chi connectivity index (χ0v) is 20.2. The molecule has 1 saturated carbocycles. The minimum absolute atomic E-state index is 0.123. The van der Waals surface area contributed by atoms with Crippen LogP contribution in [0.3, 0.4) is 0 Å². The molecule has 0 bridgehead atoms. The van der Waals surface area contributed by atoms with E-state index in [1.54, 1.807) is 26.6 Å². The standard InChI is InChI=1S/C26H29N7O2/c1-16(21-7-6-18(26(34)27-2)9-23(21)35-3)11-28-24-10-22(30-15-31-24)19-8-20-13-32-33(14-17-4-5-17)25(20)29-12-19/h6-10,12-13,15-17H,4-5,11,14H2,1-3H3,(H,27,34)(H,28,30,31). The molecule has 1 atom stereocenters. The largest absolute Gasteiger partial charge is 0.496 e. The maximum absolute atomic E-state index is 11.9. The van der Waals surface area contributed by atoms with Gasteiger partial charge in [0.15, 0.2) is 5.65 Å². The fourth-order valence-corrected chi connectivity index (χ4v) is 4.17. The second-order valence-electron chi connectivity index (χ2n) is 9.01. The Bertz CT molecular complexity index is 1360. The van der Waals surface area contributed by atoms with Crippen molar-refractivity contribution < 1.29 is 9.53 Å². The van der Waals surface area contributed by atoms with Gasteiger partial charge in [-0.1, -0.05) is 13.0 Å². The lowest BCUT2D eigenvalue weighted by Gasteiger charge is -2.17. The maximum Gasteiger partial charge on any atom is 0.251 e. The van der Waals surface area contributed by atoms with Crippen LogP contribution in [0.25, 0.3) is 22.3 Å². The zero-order chi connectivity index (χ0) is 24.4. The van der Waals surface area contributed by atoms with E-state index in [-0.39, 0.29) is 11.8 Å². The molecule has 180 valence electrons. The maximum atomic E-state index is 11.9. The number of methoxy groups -OCH3 is 1. The van der Waals surface area contributed by atoms with Crippen LogP contribution in [0.2, 0.25) is 0 Å². The summed E-state index contributed by atoms with van der Waals surface area (Å²) in [5.74, 6) is 2.14. The number of nitrogens with zero attached hydrogens (tertiary/aromatic N) is 5. The van der Waals surface area contributed by atoms with Crippen LogP contribution in [-0.2, 0) is 6.54 Å². The van der Waals surface area contributed by atoms with Crippen LogP contribution in [0.1, 0.15) is 41.6 Å². The summed E-state index contributed by atoms with van der Waals surface area (Å²) in [7, 11) is 3.23. The molecule has 4 aromatic rings. The van der Waals surface area contributed by atoms with E-state index in [2.05, 4.69) is 43.7 Å². The second kappa shape index (κ2) is 9.69. The molecule has 0 saturated heterocycles. The van der Waals surface area contributed by atoms with Crippen LogP contribution in [-0.4, -0.2) is 51.3 Å². The van der Waals surface area contributed by atoms with Gasteiger partial charge < -0.3 is 15.4 Å². The van der Waals surface area contributed by atoms with Crippen molar-refractivity contribution in [3.63, 3.8) is 0 Å². The van der Waals surface area contributed by atoms with Crippen LogP contribution in [0.5, 0.6) is 5.75 Å². The molecular formula is C26H29N7O2. The molecule has 1 aliphatic carbocycles. The molecule has 0 aliphatic heterocycles. The molecule has 1 aliphatic rings. The Morgan fingerprint density at radius 1 is 1.17 bits per heavy atom. The number of hydrogen-bond acceptors (Lipinski definition) is 7. The summed E-state index contributed by atoms with van der Waals surface area (Å²) in [6.45, 7) is 3.68.